The fourth-order valence-electron chi connectivity index (χ4n) is 15.8. The minimum Gasteiger partial charge on any atom is -0.312 e. The van der Waals surface area contributed by atoms with Crippen LogP contribution in [0.25, 0.3) is 0 Å². The maximum absolute atomic E-state index is 2.66. The van der Waals surface area contributed by atoms with Crippen molar-refractivity contribution in [2.24, 2.45) is 0 Å². The van der Waals surface area contributed by atoms with Crippen molar-refractivity contribution in [1.82, 2.24) is 0 Å². The molecule has 0 amide bonds. The van der Waals surface area contributed by atoms with E-state index in [0.717, 1.165) is 62.6 Å². The van der Waals surface area contributed by atoms with Crippen LogP contribution in [-0.2, 0) is 0 Å². The van der Waals surface area contributed by atoms with Gasteiger partial charge in [-0.15, -0.1) is 0 Å². The van der Waals surface area contributed by atoms with Crippen LogP contribution in [-0.4, -0.2) is 20.1 Å². The van der Waals surface area contributed by atoms with E-state index in [9.17, 15) is 0 Å². The summed E-state index contributed by atoms with van der Waals surface area (Å²) in [6.45, 7) is -0.270. The molecule has 0 saturated carbocycles. The van der Waals surface area contributed by atoms with E-state index in [1.54, 1.807) is 0 Å². The Hall–Kier alpha value is -11.1. The molecule has 13 aromatic rings. The van der Waals surface area contributed by atoms with Gasteiger partial charge < -0.3 is 29.4 Å². The fraction of sp³-hybridized carbons (Fsp3) is 0. The lowest BCUT2D eigenvalue weighted by molar-refractivity contribution is 1.21. The second-order valence-corrected chi connectivity index (χ2v) is 23.5. The Morgan fingerprint density at radius 3 is 0.851 bits per heavy atom. The van der Waals surface area contributed by atoms with E-state index in [4.69, 9.17) is 0 Å². The van der Waals surface area contributed by atoms with Crippen LogP contribution in [0, 0.1) is 0 Å². The van der Waals surface area contributed by atoms with Gasteiger partial charge in [0.15, 0.2) is 0 Å². The molecule has 13 aromatic carbocycles. The van der Waals surface area contributed by atoms with E-state index in [1.807, 2.05) is 0 Å². The SMILES string of the molecule is c1ccc(N(c2ccccc2)c2cc3c4c(c2)N(c2ccccc2)c2cc5c(cc2B4c2ccccc2N3c2ccccc2)B2c3ccccc3N3c4ccccc4B4c6ccccc6N(c6ccccc6)c6cc(c2c3c64)N5c2ccccc2)cc1. The number of rotatable bonds is 7. The number of hydrogen-bond donors (Lipinski definition) is 0. The third-order valence-electron chi connectivity index (χ3n) is 19.1. The molecular weight excluding hydrogens is 1050 g/mol. The van der Waals surface area contributed by atoms with Crippen molar-refractivity contribution in [3.8, 4) is 0 Å². The minimum atomic E-state index is -0.140. The maximum Gasteiger partial charge on any atom is 0.252 e. The van der Waals surface area contributed by atoms with Gasteiger partial charge in [0, 0.05) is 96.7 Å². The molecule has 0 radical (unpaired) electrons. The van der Waals surface area contributed by atoms with Gasteiger partial charge in [0.2, 0.25) is 0 Å². The van der Waals surface area contributed by atoms with E-state index in [1.165, 1.54) is 89.0 Å². The topological polar surface area (TPSA) is 19.4 Å². The molecule has 6 heterocycles. The lowest BCUT2D eigenvalue weighted by Gasteiger charge is -2.51. The summed E-state index contributed by atoms with van der Waals surface area (Å²) < 4.78 is 0. The Kier molecular flexibility index (Phi) is 10.4. The van der Waals surface area contributed by atoms with Crippen LogP contribution in [0.4, 0.5) is 102 Å². The first-order chi connectivity index (χ1) is 43.2. The normalized spacial score (nSPS) is 13.8. The van der Waals surface area contributed by atoms with Crippen molar-refractivity contribution < 1.29 is 0 Å². The van der Waals surface area contributed by atoms with Gasteiger partial charge in [0.1, 0.15) is 0 Å². The summed E-state index contributed by atoms with van der Waals surface area (Å²) in [5.74, 6) is 0. The summed E-state index contributed by atoms with van der Waals surface area (Å²) in [4.78, 5) is 15.3. The van der Waals surface area contributed by atoms with Crippen molar-refractivity contribution in [1.29, 1.82) is 0 Å². The molecule has 0 fully saturated rings. The number of benzene rings is 13. The average Bonchev–Trinajstić information content (AvgIpc) is 0.706. The molecule has 0 bridgehead atoms. The second-order valence-electron chi connectivity index (χ2n) is 23.5. The predicted octanol–water partition coefficient (Wildman–Crippen LogP) is 13.9. The highest BCUT2D eigenvalue weighted by Gasteiger charge is 2.53. The highest BCUT2D eigenvalue weighted by molar-refractivity contribution is 7.06. The number of fused-ring (bicyclic) bond motifs is 14. The summed E-state index contributed by atoms with van der Waals surface area (Å²) in [7, 11) is 0. The molecule has 402 valence electrons. The molecule has 6 nitrogen and oxygen atoms in total. The van der Waals surface area contributed by atoms with Crippen LogP contribution in [0.2, 0.25) is 0 Å². The first-order valence-electron chi connectivity index (χ1n) is 30.3. The van der Waals surface area contributed by atoms with Crippen LogP contribution >= 0.6 is 0 Å². The van der Waals surface area contributed by atoms with E-state index >= 15 is 0 Å². The highest BCUT2D eigenvalue weighted by atomic mass is 15.2. The molecule has 0 spiro atoms. The van der Waals surface area contributed by atoms with E-state index in [2.05, 4.69) is 339 Å². The Balaban J connectivity index is 0.946. The monoisotopic (exact) mass is 1100 g/mol. The number of nitrogens with zero attached hydrogens (tertiary/aromatic N) is 6. The number of para-hydroxylation sites is 10. The van der Waals surface area contributed by atoms with Crippen molar-refractivity contribution in [3.05, 3.63) is 309 Å². The smallest absolute Gasteiger partial charge is 0.252 e. The Bertz CT molecular complexity index is 4890. The van der Waals surface area contributed by atoms with Gasteiger partial charge in [-0.1, -0.05) is 188 Å². The minimum absolute atomic E-state index is 0.00446. The molecule has 6 aliphatic rings. The van der Waals surface area contributed by atoms with Crippen molar-refractivity contribution >= 4 is 172 Å². The molecule has 0 aliphatic carbocycles. The van der Waals surface area contributed by atoms with Gasteiger partial charge in [0.05, 0.1) is 5.69 Å². The summed E-state index contributed by atoms with van der Waals surface area (Å²) in [5, 5.41) is 0. The maximum atomic E-state index is 2.66. The van der Waals surface area contributed by atoms with Crippen LogP contribution in [0.15, 0.2) is 309 Å². The zero-order valence-electron chi connectivity index (χ0n) is 47.4. The van der Waals surface area contributed by atoms with E-state index in [0.29, 0.717) is 0 Å². The molecule has 0 unspecified atom stereocenters. The zero-order valence-corrected chi connectivity index (χ0v) is 47.4. The second kappa shape index (κ2) is 18.7. The number of anilines is 18. The summed E-state index contributed by atoms with van der Waals surface area (Å²) in [6, 6.07) is 115. The molecule has 0 N–H and O–H groups in total. The quantitative estimate of drug-likeness (QED) is 0.147. The van der Waals surface area contributed by atoms with Crippen molar-refractivity contribution in [2.75, 3.05) is 29.4 Å². The van der Waals surface area contributed by atoms with Gasteiger partial charge in [-0.3, -0.25) is 0 Å². The summed E-state index contributed by atoms with van der Waals surface area (Å²) >= 11 is 0. The van der Waals surface area contributed by atoms with Crippen LogP contribution in [0.3, 0.4) is 0 Å². The Morgan fingerprint density at radius 2 is 0.471 bits per heavy atom. The van der Waals surface area contributed by atoms with Crippen molar-refractivity contribution in [3.63, 3.8) is 0 Å². The van der Waals surface area contributed by atoms with Gasteiger partial charge in [-0.05, 0) is 170 Å². The molecule has 19 rings (SSSR count). The lowest BCUT2D eigenvalue weighted by Crippen LogP contribution is -2.69. The standard InChI is InChI=1S/C78H51B3N6/c1-7-27-52(28-8-1)82(53-29-9-2-10-30-53)58-47-71-75-72(48-58)85(56-35-15-5-16-36-56)69-50-70-64(49-63(69)80(75)60-40-20-24-44-66(60)83(71)54-31-11-3-12-32-54)81-62-42-22-26-46-68(62)87-67-45-25-21-41-61(67)79-59-39-19-23-43-65(59)84(55-33-13-4-14-34-55)73-51-74(77(81)78(87)76(73)79)86(70)57-37-17-6-18-38-57/h1-51H. The van der Waals surface area contributed by atoms with Gasteiger partial charge >= 0.3 is 0 Å². The van der Waals surface area contributed by atoms with Gasteiger partial charge in [-0.2, -0.15) is 0 Å². The van der Waals surface area contributed by atoms with E-state index in [-0.39, 0.29) is 20.1 Å². The third kappa shape index (κ3) is 6.85. The van der Waals surface area contributed by atoms with Crippen molar-refractivity contribution in [2.45, 2.75) is 0 Å². The number of hydrogen-bond acceptors (Lipinski definition) is 6. The molecule has 87 heavy (non-hydrogen) atoms. The first kappa shape index (κ1) is 48.3. The molecule has 0 saturated heterocycles. The molecule has 9 heteroatoms. The summed E-state index contributed by atoms with van der Waals surface area (Å²) in [5.41, 5.74) is 32.5. The zero-order chi connectivity index (χ0) is 56.8. The lowest BCUT2D eigenvalue weighted by atomic mass is 9.28. The predicted molar refractivity (Wildman–Crippen MR) is 369 cm³/mol. The van der Waals surface area contributed by atoms with Gasteiger partial charge in [0.25, 0.3) is 20.1 Å². The van der Waals surface area contributed by atoms with E-state index < -0.39 is 0 Å². The van der Waals surface area contributed by atoms with Gasteiger partial charge in [-0.25, -0.2) is 0 Å². The van der Waals surface area contributed by atoms with Crippen LogP contribution in [0.5, 0.6) is 0 Å². The molecular formula is C78H51B3N6. The third-order valence-corrected chi connectivity index (χ3v) is 19.1. The van der Waals surface area contributed by atoms with Crippen LogP contribution < -0.4 is 78.6 Å². The highest BCUT2D eigenvalue weighted by Crippen LogP contribution is 2.53. The largest absolute Gasteiger partial charge is 0.312 e. The summed E-state index contributed by atoms with van der Waals surface area (Å²) in [6.07, 6.45) is 0. The first-order valence-corrected chi connectivity index (χ1v) is 30.3. The molecule has 6 aliphatic heterocycles. The molecule has 0 aromatic heterocycles. The average molecular weight is 1100 g/mol. The Morgan fingerprint density at radius 1 is 0.195 bits per heavy atom. The van der Waals surface area contributed by atoms with Crippen LogP contribution in [0.1, 0.15) is 0 Å². The Labute approximate surface area is 507 Å². The molecule has 0 atom stereocenters. The fourth-order valence-corrected chi connectivity index (χ4v) is 15.8.